The molecule has 0 atom stereocenters. The zero-order chi connectivity index (χ0) is 15.7. The van der Waals surface area contributed by atoms with Gasteiger partial charge in [-0.3, -0.25) is 4.79 Å². The summed E-state index contributed by atoms with van der Waals surface area (Å²) >= 11 is 5.89. The fraction of sp³-hybridized carbons (Fsp3) is 0.278. The summed E-state index contributed by atoms with van der Waals surface area (Å²) < 4.78 is 13.5. The number of carbonyl (C=O) groups excluding carboxylic acids is 1. The first-order valence-electron chi connectivity index (χ1n) is 7.31. The number of carbonyl (C=O) groups is 1. The summed E-state index contributed by atoms with van der Waals surface area (Å²) in [5.41, 5.74) is 1.93. The van der Waals surface area contributed by atoms with E-state index in [0.717, 1.165) is 24.0 Å². The zero-order valence-corrected chi connectivity index (χ0v) is 13.1. The molecular weight excluding hydrogens is 301 g/mol. The second-order valence-electron chi connectivity index (χ2n) is 5.86. The third-order valence-corrected chi connectivity index (χ3v) is 4.52. The van der Waals surface area contributed by atoms with Crippen LogP contribution in [0, 0.1) is 12.7 Å². The van der Waals surface area contributed by atoms with E-state index in [0.29, 0.717) is 17.1 Å². The van der Waals surface area contributed by atoms with Crippen LogP contribution in [-0.2, 0) is 16.8 Å². The van der Waals surface area contributed by atoms with E-state index >= 15 is 0 Å². The molecule has 3 rings (SSSR count). The van der Waals surface area contributed by atoms with Gasteiger partial charge in [-0.15, -0.1) is 0 Å². The summed E-state index contributed by atoms with van der Waals surface area (Å²) in [7, 11) is 0. The molecule has 2 aromatic rings. The summed E-state index contributed by atoms with van der Waals surface area (Å²) in [4.78, 5) is 12.5. The molecule has 0 aliphatic heterocycles. The molecule has 0 heterocycles. The SMILES string of the molecule is Cc1ccc(CNC(=O)C2(c3ccc(Cl)cc3)CC2)cc1F. The Bertz CT molecular complexity index is 708. The van der Waals surface area contributed by atoms with E-state index in [1.54, 1.807) is 25.1 Å². The molecule has 1 N–H and O–H groups in total. The monoisotopic (exact) mass is 317 g/mol. The van der Waals surface area contributed by atoms with Gasteiger partial charge in [0.25, 0.3) is 0 Å². The molecule has 22 heavy (non-hydrogen) atoms. The van der Waals surface area contributed by atoms with E-state index < -0.39 is 5.41 Å². The quantitative estimate of drug-likeness (QED) is 0.902. The van der Waals surface area contributed by atoms with E-state index in [1.807, 2.05) is 18.2 Å². The van der Waals surface area contributed by atoms with Gasteiger partial charge in [-0.2, -0.15) is 0 Å². The maximum absolute atomic E-state index is 13.5. The molecule has 114 valence electrons. The van der Waals surface area contributed by atoms with Crippen molar-refractivity contribution in [2.24, 2.45) is 0 Å². The Kier molecular flexibility index (Phi) is 3.92. The topological polar surface area (TPSA) is 29.1 Å². The van der Waals surface area contributed by atoms with E-state index in [2.05, 4.69) is 5.32 Å². The van der Waals surface area contributed by atoms with E-state index in [9.17, 15) is 9.18 Å². The number of hydrogen-bond acceptors (Lipinski definition) is 1. The van der Waals surface area contributed by atoms with Gasteiger partial charge in [0.1, 0.15) is 5.82 Å². The Morgan fingerprint density at radius 1 is 1.23 bits per heavy atom. The highest BCUT2D eigenvalue weighted by Crippen LogP contribution is 2.48. The van der Waals surface area contributed by atoms with Crippen LogP contribution in [0.1, 0.15) is 29.5 Å². The number of halogens is 2. The summed E-state index contributed by atoms with van der Waals surface area (Å²) in [6, 6.07) is 12.4. The van der Waals surface area contributed by atoms with Crippen LogP contribution >= 0.6 is 11.6 Å². The zero-order valence-electron chi connectivity index (χ0n) is 12.3. The third kappa shape index (κ3) is 2.86. The van der Waals surface area contributed by atoms with Crippen molar-refractivity contribution in [3.8, 4) is 0 Å². The number of hydrogen-bond donors (Lipinski definition) is 1. The van der Waals surface area contributed by atoms with Gasteiger partial charge < -0.3 is 5.32 Å². The first-order chi connectivity index (χ1) is 10.5. The lowest BCUT2D eigenvalue weighted by Crippen LogP contribution is -2.34. The standard InChI is InChI=1S/C18H17ClFNO/c1-12-2-3-13(10-16(12)20)11-21-17(22)18(8-9-18)14-4-6-15(19)7-5-14/h2-7,10H,8-9,11H2,1H3,(H,21,22). The molecule has 4 heteroatoms. The molecule has 1 amide bonds. The first kappa shape index (κ1) is 15.0. The Hall–Kier alpha value is -1.87. The molecule has 0 radical (unpaired) electrons. The number of aryl methyl sites for hydroxylation is 1. The highest BCUT2D eigenvalue weighted by Gasteiger charge is 2.50. The number of amides is 1. The minimum Gasteiger partial charge on any atom is -0.351 e. The summed E-state index contributed by atoms with van der Waals surface area (Å²) in [5, 5.41) is 3.59. The van der Waals surface area contributed by atoms with Crippen LogP contribution in [-0.4, -0.2) is 5.91 Å². The minimum atomic E-state index is -0.437. The molecule has 1 aliphatic carbocycles. The van der Waals surface area contributed by atoms with Crippen LogP contribution in [0.2, 0.25) is 5.02 Å². The normalized spacial score (nSPS) is 15.4. The van der Waals surface area contributed by atoms with Gasteiger partial charge in [0.2, 0.25) is 5.91 Å². The highest BCUT2D eigenvalue weighted by molar-refractivity contribution is 6.30. The fourth-order valence-electron chi connectivity index (χ4n) is 2.64. The van der Waals surface area contributed by atoms with Crippen molar-refractivity contribution in [3.63, 3.8) is 0 Å². The average molecular weight is 318 g/mol. The number of rotatable bonds is 4. The number of benzene rings is 2. The van der Waals surface area contributed by atoms with Crippen LogP contribution in [0.25, 0.3) is 0 Å². The lowest BCUT2D eigenvalue weighted by molar-refractivity contribution is -0.123. The molecule has 0 aromatic heterocycles. The molecule has 2 aromatic carbocycles. The van der Waals surface area contributed by atoms with Crippen LogP contribution in [0.15, 0.2) is 42.5 Å². The Morgan fingerprint density at radius 3 is 2.50 bits per heavy atom. The molecule has 2 nitrogen and oxygen atoms in total. The Balaban J connectivity index is 1.69. The second-order valence-corrected chi connectivity index (χ2v) is 6.29. The van der Waals surface area contributed by atoms with E-state index in [1.165, 1.54) is 6.07 Å². The third-order valence-electron chi connectivity index (χ3n) is 4.27. The summed E-state index contributed by atoms with van der Waals surface area (Å²) in [6.45, 7) is 2.06. The van der Waals surface area contributed by atoms with E-state index in [4.69, 9.17) is 11.6 Å². The first-order valence-corrected chi connectivity index (χ1v) is 7.68. The Morgan fingerprint density at radius 2 is 1.91 bits per heavy atom. The second kappa shape index (κ2) is 5.73. The lowest BCUT2D eigenvalue weighted by atomic mass is 9.95. The van der Waals surface area contributed by atoms with Crippen molar-refractivity contribution in [2.45, 2.75) is 31.7 Å². The van der Waals surface area contributed by atoms with Gasteiger partial charge in [0.05, 0.1) is 5.41 Å². The van der Waals surface area contributed by atoms with E-state index in [-0.39, 0.29) is 11.7 Å². The van der Waals surface area contributed by atoms with Gasteiger partial charge in [-0.25, -0.2) is 4.39 Å². The molecule has 0 bridgehead atoms. The summed E-state index contributed by atoms with van der Waals surface area (Å²) in [5.74, 6) is -0.249. The van der Waals surface area contributed by atoms with Crippen molar-refractivity contribution in [2.75, 3.05) is 0 Å². The molecule has 1 aliphatic rings. The molecule has 0 spiro atoms. The molecule has 1 fully saturated rings. The van der Waals surface area contributed by atoms with Crippen molar-refractivity contribution >= 4 is 17.5 Å². The van der Waals surface area contributed by atoms with Crippen molar-refractivity contribution in [1.82, 2.24) is 5.32 Å². The number of nitrogens with one attached hydrogen (secondary N) is 1. The molecule has 0 unspecified atom stereocenters. The minimum absolute atomic E-state index is 0.00388. The van der Waals surface area contributed by atoms with Gasteiger partial charge in [-0.1, -0.05) is 35.9 Å². The molecule has 1 saturated carbocycles. The maximum atomic E-state index is 13.5. The average Bonchev–Trinajstić information content (AvgIpc) is 3.30. The predicted molar refractivity (Wildman–Crippen MR) is 85.3 cm³/mol. The van der Waals surface area contributed by atoms with Crippen LogP contribution in [0.5, 0.6) is 0 Å². The van der Waals surface area contributed by atoms with Gasteiger partial charge >= 0.3 is 0 Å². The van der Waals surface area contributed by atoms with Crippen molar-refractivity contribution in [3.05, 3.63) is 70.0 Å². The smallest absolute Gasteiger partial charge is 0.230 e. The van der Waals surface area contributed by atoms with Gasteiger partial charge in [0.15, 0.2) is 0 Å². The highest BCUT2D eigenvalue weighted by atomic mass is 35.5. The van der Waals surface area contributed by atoms with Crippen molar-refractivity contribution < 1.29 is 9.18 Å². The molecular formula is C18H17ClFNO. The van der Waals surface area contributed by atoms with Crippen LogP contribution < -0.4 is 5.32 Å². The fourth-order valence-corrected chi connectivity index (χ4v) is 2.76. The van der Waals surface area contributed by atoms with Crippen LogP contribution in [0.4, 0.5) is 4.39 Å². The lowest BCUT2D eigenvalue weighted by Gasteiger charge is -2.16. The van der Waals surface area contributed by atoms with Crippen molar-refractivity contribution in [1.29, 1.82) is 0 Å². The maximum Gasteiger partial charge on any atom is 0.230 e. The van der Waals surface area contributed by atoms with Gasteiger partial charge in [0, 0.05) is 11.6 Å². The summed E-state index contributed by atoms with van der Waals surface area (Å²) in [6.07, 6.45) is 1.67. The van der Waals surface area contributed by atoms with Crippen LogP contribution in [0.3, 0.4) is 0 Å². The van der Waals surface area contributed by atoms with Gasteiger partial charge in [-0.05, 0) is 54.7 Å². The largest absolute Gasteiger partial charge is 0.351 e. The Labute approximate surface area is 134 Å². The molecule has 0 saturated heterocycles. The predicted octanol–water partition coefficient (Wildman–Crippen LogP) is 4.14.